The Morgan fingerprint density at radius 1 is 1.07 bits per heavy atom. The van der Waals surface area contributed by atoms with Crippen LogP contribution in [0, 0.1) is 5.92 Å². The fourth-order valence-electron chi connectivity index (χ4n) is 2.21. The molecule has 1 amide bonds. The standard InChI is InChI=1S/C21H26N2O3S/c1-4-11-25-19-10-6-8-17(13-19)22-21(27)23-20(24)16-7-5-9-18(12-16)26-14-15(2)3/h5-10,12-13,15H,4,11,14H2,1-3H3,(H2,22,23,24,27). The van der Waals surface area contributed by atoms with Gasteiger partial charge in [-0.3, -0.25) is 10.1 Å². The maximum atomic E-state index is 12.4. The molecule has 0 aliphatic carbocycles. The molecule has 27 heavy (non-hydrogen) atoms. The van der Waals surface area contributed by atoms with Crippen LogP contribution in [0.4, 0.5) is 5.69 Å². The van der Waals surface area contributed by atoms with E-state index in [1.165, 1.54) is 0 Å². The number of benzene rings is 2. The second-order valence-corrected chi connectivity index (χ2v) is 6.93. The van der Waals surface area contributed by atoms with Crippen molar-refractivity contribution in [3.05, 3.63) is 54.1 Å². The molecule has 0 aromatic heterocycles. The molecule has 0 aliphatic rings. The summed E-state index contributed by atoms with van der Waals surface area (Å²) in [6.07, 6.45) is 0.937. The lowest BCUT2D eigenvalue weighted by molar-refractivity contribution is 0.0977. The number of carbonyl (C=O) groups is 1. The summed E-state index contributed by atoms with van der Waals surface area (Å²) in [7, 11) is 0. The van der Waals surface area contributed by atoms with Crippen molar-refractivity contribution in [2.24, 2.45) is 5.92 Å². The molecule has 0 radical (unpaired) electrons. The molecule has 0 heterocycles. The van der Waals surface area contributed by atoms with Crippen molar-refractivity contribution >= 4 is 28.9 Å². The fourth-order valence-corrected chi connectivity index (χ4v) is 2.42. The minimum atomic E-state index is -0.291. The summed E-state index contributed by atoms with van der Waals surface area (Å²) in [5.41, 5.74) is 1.24. The Morgan fingerprint density at radius 3 is 2.48 bits per heavy atom. The minimum Gasteiger partial charge on any atom is -0.494 e. The van der Waals surface area contributed by atoms with Gasteiger partial charge in [-0.05, 0) is 54.9 Å². The highest BCUT2D eigenvalue weighted by atomic mass is 32.1. The average Bonchev–Trinajstić information content (AvgIpc) is 2.65. The van der Waals surface area contributed by atoms with Gasteiger partial charge in [0.25, 0.3) is 5.91 Å². The Morgan fingerprint density at radius 2 is 1.78 bits per heavy atom. The monoisotopic (exact) mass is 386 g/mol. The number of thiocarbonyl (C=S) groups is 1. The molecular formula is C21H26N2O3S. The van der Waals surface area contributed by atoms with E-state index < -0.39 is 0 Å². The molecule has 2 rings (SSSR count). The third kappa shape index (κ3) is 7.27. The van der Waals surface area contributed by atoms with Gasteiger partial charge in [0, 0.05) is 17.3 Å². The van der Waals surface area contributed by atoms with Gasteiger partial charge in [0.15, 0.2) is 5.11 Å². The lowest BCUT2D eigenvalue weighted by atomic mass is 10.2. The van der Waals surface area contributed by atoms with Gasteiger partial charge in [-0.25, -0.2) is 0 Å². The lowest BCUT2D eigenvalue weighted by Gasteiger charge is -2.12. The van der Waals surface area contributed by atoms with Crippen molar-refractivity contribution < 1.29 is 14.3 Å². The van der Waals surface area contributed by atoms with E-state index in [2.05, 4.69) is 31.4 Å². The Kier molecular flexibility index (Phi) is 8.07. The van der Waals surface area contributed by atoms with Gasteiger partial charge in [0.2, 0.25) is 0 Å². The van der Waals surface area contributed by atoms with E-state index in [1.54, 1.807) is 18.2 Å². The second kappa shape index (κ2) is 10.5. The number of ether oxygens (including phenoxy) is 2. The zero-order valence-corrected chi connectivity index (χ0v) is 16.8. The first-order chi connectivity index (χ1) is 13.0. The van der Waals surface area contributed by atoms with Crippen LogP contribution < -0.4 is 20.1 Å². The van der Waals surface area contributed by atoms with Gasteiger partial charge in [-0.15, -0.1) is 0 Å². The number of carbonyl (C=O) groups excluding carboxylic acids is 1. The van der Waals surface area contributed by atoms with E-state index in [9.17, 15) is 4.79 Å². The topological polar surface area (TPSA) is 59.6 Å². The van der Waals surface area contributed by atoms with Crippen molar-refractivity contribution in [1.82, 2.24) is 5.32 Å². The largest absolute Gasteiger partial charge is 0.494 e. The highest BCUT2D eigenvalue weighted by molar-refractivity contribution is 7.80. The highest BCUT2D eigenvalue weighted by Crippen LogP contribution is 2.18. The molecule has 0 aliphatic heterocycles. The smallest absolute Gasteiger partial charge is 0.257 e. The highest BCUT2D eigenvalue weighted by Gasteiger charge is 2.10. The molecule has 5 nitrogen and oxygen atoms in total. The molecule has 0 atom stereocenters. The van der Waals surface area contributed by atoms with E-state index in [4.69, 9.17) is 21.7 Å². The van der Waals surface area contributed by atoms with Crippen LogP contribution in [-0.2, 0) is 0 Å². The molecular weight excluding hydrogens is 360 g/mol. The molecule has 144 valence electrons. The Hall–Kier alpha value is -2.60. The van der Waals surface area contributed by atoms with Gasteiger partial charge in [0.05, 0.1) is 13.2 Å². The van der Waals surface area contributed by atoms with Gasteiger partial charge < -0.3 is 14.8 Å². The quantitative estimate of drug-likeness (QED) is 0.648. The van der Waals surface area contributed by atoms with Crippen LogP contribution in [-0.4, -0.2) is 24.2 Å². The number of rotatable bonds is 8. The van der Waals surface area contributed by atoms with Crippen LogP contribution in [0.2, 0.25) is 0 Å². The zero-order valence-electron chi connectivity index (χ0n) is 16.0. The number of anilines is 1. The first kappa shape index (κ1) is 20.7. The minimum absolute atomic E-state index is 0.223. The molecule has 0 saturated heterocycles. The maximum Gasteiger partial charge on any atom is 0.257 e. The molecule has 0 saturated carbocycles. The molecule has 0 bridgehead atoms. The summed E-state index contributed by atoms with van der Waals surface area (Å²) >= 11 is 5.25. The maximum absolute atomic E-state index is 12.4. The predicted octanol–water partition coefficient (Wildman–Crippen LogP) is 4.64. The van der Waals surface area contributed by atoms with Crippen molar-refractivity contribution in [2.45, 2.75) is 27.2 Å². The second-order valence-electron chi connectivity index (χ2n) is 6.52. The number of amides is 1. The molecule has 2 N–H and O–H groups in total. The summed E-state index contributed by atoms with van der Waals surface area (Å²) in [5.74, 6) is 1.54. The number of hydrogen-bond donors (Lipinski definition) is 2. The molecule has 6 heteroatoms. The molecule has 0 fully saturated rings. The summed E-state index contributed by atoms with van der Waals surface area (Å²) in [6, 6.07) is 14.5. The van der Waals surface area contributed by atoms with E-state index in [0.29, 0.717) is 30.4 Å². The van der Waals surface area contributed by atoms with Crippen molar-refractivity contribution in [3.8, 4) is 11.5 Å². The number of nitrogens with one attached hydrogen (secondary N) is 2. The van der Waals surface area contributed by atoms with Crippen LogP contribution in [0.3, 0.4) is 0 Å². The van der Waals surface area contributed by atoms with Crippen molar-refractivity contribution in [2.75, 3.05) is 18.5 Å². The molecule has 2 aromatic rings. The number of hydrogen-bond acceptors (Lipinski definition) is 4. The third-order valence-electron chi connectivity index (χ3n) is 3.47. The normalized spacial score (nSPS) is 10.4. The Bertz CT molecular complexity index is 778. The van der Waals surface area contributed by atoms with E-state index >= 15 is 0 Å². The summed E-state index contributed by atoms with van der Waals surface area (Å²) in [4.78, 5) is 12.4. The van der Waals surface area contributed by atoms with Crippen LogP contribution in [0.25, 0.3) is 0 Å². The van der Waals surface area contributed by atoms with Crippen molar-refractivity contribution in [1.29, 1.82) is 0 Å². The first-order valence-electron chi connectivity index (χ1n) is 9.06. The summed E-state index contributed by atoms with van der Waals surface area (Å²) in [5, 5.41) is 5.91. The molecule has 2 aromatic carbocycles. The van der Waals surface area contributed by atoms with Crippen LogP contribution in [0.5, 0.6) is 11.5 Å². The summed E-state index contributed by atoms with van der Waals surface area (Å²) < 4.78 is 11.3. The fraction of sp³-hybridized carbons (Fsp3) is 0.333. The van der Waals surface area contributed by atoms with Gasteiger partial charge in [-0.1, -0.05) is 32.9 Å². The first-order valence-corrected chi connectivity index (χ1v) is 9.46. The van der Waals surface area contributed by atoms with Gasteiger partial charge in [0.1, 0.15) is 11.5 Å². The Labute approximate surface area is 166 Å². The third-order valence-corrected chi connectivity index (χ3v) is 3.68. The van der Waals surface area contributed by atoms with Crippen LogP contribution in [0.1, 0.15) is 37.6 Å². The van der Waals surface area contributed by atoms with E-state index in [-0.39, 0.29) is 11.0 Å². The average molecular weight is 387 g/mol. The Balaban J connectivity index is 1.93. The zero-order chi connectivity index (χ0) is 19.6. The van der Waals surface area contributed by atoms with Gasteiger partial charge >= 0.3 is 0 Å². The summed E-state index contributed by atoms with van der Waals surface area (Å²) in [6.45, 7) is 7.45. The lowest BCUT2D eigenvalue weighted by Crippen LogP contribution is -2.34. The predicted molar refractivity (Wildman–Crippen MR) is 113 cm³/mol. The van der Waals surface area contributed by atoms with Gasteiger partial charge in [-0.2, -0.15) is 0 Å². The SMILES string of the molecule is CCCOc1cccc(NC(=S)NC(=O)c2cccc(OCC(C)C)c2)c1. The van der Waals surface area contributed by atoms with Crippen molar-refractivity contribution in [3.63, 3.8) is 0 Å². The van der Waals surface area contributed by atoms with Crippen LogP contribution >= 0.6 is 12.2 Å². The van der Waals surface area contributed by atoms with E-state index in [1.807, 2.05) is 30.3 Å². The molecule has 0 unspecified atom stereocenters. The van der Waals surface area contributed by atoms with Crippen LogP contribution in [0.15, 0.2) is 48.5 Å². The van der Waals surface area contributed by atoms with E-state index in [0.717, 1.165) is 17.9 Å². The molecule has 0 spiro atoms.